The molecule has 0 N–H and O–H groups in total. The van der Waals surface area contributed by atoms with Crippen LogP contribution in [0.5, 0.6) is 0 Å². The lowest BCUT2D eigenvalue weighted by Crippen LogP contribution is -2.30. The lowest BCUT2D eigenvalue weighted by molar-refractivity contribution is 0.0996. The summed E-state index contributed by atoms with van der Waals surface area (Å²) in [6, 6.07) is 0. The molecule has 0 aliphatic heterocycles. The molecule has 5 atom stereocenters. The largest absolute Gasteiger partial charge is 0.0625 e. The molecule has 3 aliphatic rings. The van der Waals surface area contributed by atoms with Gasteiger partial charge in [-0.1, -0.05) is 147 Å². The van der Waals surface area contributed by atoms with E-state index in [0.29, 0.717) is 16.2 Å². The predicted molar refractivity (Wildman–Crippen MR) is 175 cm³/mol. The quantitative estimate of drug-likeness (QED) is 0.315. The number of rotatable bonds is 1. The Morgan fingerprint density at radius 1 is 0.553 bits per heavy atom. The number of hydrogen-bond donors (Lipinski definition) is 0. The second-order valence-electron chi connectivity index (χ2n) is 17.5. The molecule has 0 aromatic rings. The summed E-state index contributed by atoms with van der Waals surface area (Å²) < 4.78 is 0. The summed E-state index contributed by atoms with van der Waals surface area (Å²) in [7, 11) is 0. The van der Waals surface area contributed by atoms with Crippen LogP contribution in [-0.4, -0.2) is 0 Å². The molecular weight excluding hydrogens is 456 g/mol. The van der Waals surface area contributed by atoms with E-state index in [0.717, 1.165) is 35.5 Å². The molecular formula is C38H76. The van der Waals surface area contributed by atoms with Gasteiger partial charge in [0, 0.05) is 0 Å². The molecule has 4 unspecified atom stereocenters. The molecule has 0 nitrogen and oxygen atoms in total. The van der Waals surface area contributed by atoms with Gasteiger partial charge in [0.25, 0.3) is 0 Å². The van der Waals surface area contributed by atoms with E-state index in [1.807, 2.05) is 0 Å². The minimum Gasteiger partial charge on any atom is -0.0625 e. The molecule has 0 aromatic heterocycles. The van der Waals surface area contributed by atoms with Gasteiger partial charge < -0.3 is 0 Å². The third-order valence-corrected chi connectivity index (χ3v) is 11.1. The molecule has 0 bridgehead atoms. The topological polar surface area (TPSA) is 0 Å². The van der Waals surface area contributed by atoms with Crippen molar-refractivity contribution in [3.8, 4) is 0 Å². The van der Waals surface area contributed by atoms with Gasteiger partial charge in [-0.05, 0) is 96.7 Å². The maximum Gasteiger partial charge on any atom is -0.0351 e. The molecule has 0 heterocycles. The highest BCUT2D eigenvalue weighted by atomic mass is 14.4. The molecule has 228 valence electrons. The predicted octanol–water partition coefficient (Wildman–Crippen LogP) is 13.5. The summed E-state index contributed by atoms with van der Waals surface area (Å²) in [5.74, 6) is 5.68. The van der Waals surface area contributed by atoms with E-state index >= 15 is 0 Å². The standard InChI is InChI=1S/C14H28.2C12H24/c1-14(2)12-10-8-6-4-3-5-7-9-11-13-14;1-9-6-7-11(8-10(9)2)12(3,4)5;1-9(2)11-6-7-12(4,5)8-10(11)3/h3-13H2,1-2H3;2*9-11H,6-8H2,1-5H3/t;;10-,11?/m..1/s1. The molecule has 0 amide bonds. The third-order valence-electron chi connectivity index (χ3n) is 11.1. The van der Waals surface area contributed by atoms with Crippen LogP contribution in [0.25, 0.3) is 0 Å². The van der Waals surface area contributed by atoms with Crippen LogP contribution in [0.4, 0.5) is 0 Å². The first kappa shape index (κ1) is 36.0. The van der Waals surface area contributed by atoms with Crippen LogP contribution in [0.3, 0.4) is 0 Å². The zero-order chi connectivity index (χ0) is 29.0. The van der Waals surface area contributed by atoms with Crippen molar-refractivity contribution in [1.29, 1.82) is 0 Å². The Hall–Kier alpha value is 0. The first-order valence-electron chi connectivity index (χ1n) is 17.5. The molecule has 0 radical (unpaired) electrons. The maximum absolute atomic E-state index is 2.46. The van der Waals surface area contributed by atoms with Crippen molar-refractivity contribution in [1.82, 2.24) is 0 Å². The maximum atomic E-state index is 2.46. The van der Waals surface area contributed by atoms with Crippen molar-refractivity contribution in [3.05, 3.63) is 0 Å². The summed E-state index contributed by atoms with van der Waals surface area (Å²) >= 11 is 0. The van der Waals surface area contributed by atoms with Gasteiger partial charge in [0.05, 0.1) is 0 Å². The molecule has 0 heteroatoms. The van der Waals surface area contributed by atoms with Crippen LogP contribution in [0.15, 0.2) is 0 Å². The van der Waals surface area contributed by atoms with Crippen LogP contribution >= 0.6 is 0 Å². The Morgan fingerprint density at radius 3 is 1.42 bits per heavy atom. The first-order valence-corrected chi connectivity index (χ1v) is 17.5. The fourth-order valence-electron chi connectivity index (χ4n) is 7.86. The smallest absolute Gasteiger partial charge is 0.0351 e. The molecule has 38 heavy (non-hydrogen) atoms. The van der Waals surface area contributed by atoms with Gasteiger partial charge in [-0.15, -0.1) is 0 Å². The first-order chi connectivity index (χ1) is 17.5. The Balaban J connectivity index is 0.000000286. The van der Waals surface area contributed by atoms with Crippen molar-refractivity contribution in [2.45, 2.75) is 192 Å². The number of hydrogen-bond acceptors (Lipinski definition) is 0. The zero-order valence-electron chi connectivity index (χ0n) is 29.0. The molecule has 3 fully saturated rings. The molecule has 0 spiro atoms. The van der Waals surface area contributed by atoms with Crippen LogP contribution in [0.2, 0.25) is 0 Å². The monoisotopic (exact) mass is 533 g/mol. The van der Waals surface area contributed by atoms with E-state index in [1.54, 1.807) is 0 Å². The van der Waals surface area contributed by atoms with Gasteiger partial charge >= 0.3 is 0 Å². The van der Waals surface area contributed by atoms with E-state index < -0.39 is 0 Å². The highest BCUT2D eigenvalue weighted by Gasteiger charge is 2.33. The summed E-state index contributed by atoms with van der Waals surface area (Å²) in [6.45, 7) is 28.9. The minimum atomic E-state index is 0.536. The van der Waals surface area contributed by atoms with Crippen LogP contribution < -0.4 is 0 Å². The summed E-state index contributed by atoms with van der Waals surface area (Å²) in [5, 5.41) is 0. The van der Waals surface area contributed by atoms with Crippen molar-refractivity contribution >= 4 is 0 Å². The highest BCUT2D eigenvalue weighted by molar-refractivity contribution is 4.84. The van der Waals surface area contributed by atoms with Crippen LogP contribution in [-0.2, 0) is 0 Å². The average molecular weight is 533 g/mol. The summed E-state index contributed by atoms with van der Waals surface area (Å²) in [4.78, 5) is 0. The SMILES string of the molecule is CC(C)C1CCC(C)(C)C[C@H]1C.CC1(C)CCCCCCCCCCC1.CC1CCC(C(C)(C)C)CC1C. The zero-order valence-corrected chi connectivity index (χ0v) is 29.0. The van der Waals surface area contributed by atoms with Crippen molar-refractivity contribution in [2.24, 2.45) is 51.8 Å². The van der Waals surface area contributed by atoms with E-state index in [4.69, 9.17) is 0 Å². The lowest BCUT2D eigenvalue weighted by Gasteiger charge is -2.41. The Kier molecular flexibility index (Phi) is 16.2. The van der Waals surface area contributed by atoms with Crippen LogP contribution in [0.1, 0.15) is 192 Å². The van der Waals surface area contributed by atoms with Gasteiger partial charge in [-0.2, -0.15) is 0 Å². The Bertz CT molecular complexity index is 574. The normalized spacial score (nSPS) is 32.9. The molecule has 3 aliphatic carbocycles. The minimum absolute atomic E-state index is 0.536. The van der Waals surface area contributed by atoms with Crippen molar-refractivity contribution in [3.63, 3.8) is 0 Å². The average Bonchev–Trinajstić information content (AvgIpc) is 2.77. The fourth-order valence-corrected chi connectivity index (χ4v) is 7.86. The van der Waals surface area contributed by atoms with Gasteiger partial charge in [-0.25, -0.2) is 0 Å². The second-order valence-corrected chi connectivity index (χ2v) is 17.5. The molecule has 0 aromatic carbocycles. The molecule has 3 saturated carbocycles. The Morgan fingerprint density at radius 2 is 1.03 bits per heavy atom. The van der Waals surface area contributed by atoms with E-state index in [2.05, 4.69) is 83.1 Å². The lowest BCUT2D eigenvalue weighted by atomic mass is 9.65. The highest BCUT2D eigenvalue weighted by Crippen LogP contribution is 2.44. The van der Waals surface area contributed by atoms with E-state index in [-0.39, 0.29) is 0 Å². The molecule has 3 rings (SSSR count). The fraction of sp³-hybridized carbons (Fsp3) is 1.00. The van der Waals surface area contributed by atoms with Crippen molar-refractivity contribution in [2.75, 3.05) is 0 Å². The van der Waals surface area contributed by atoms with Gasteiger partial charge in [-0.3, -0.25) is 0 Å². The third kappa shape index (κ3) is 15.1. The van der Waals surface area contributed by atoms with Gasteiger partial charge in [0.15, 0.2) is 0 Å². The van der Waals surface area contributed by atoms with E-state index in [9.17, 15) is 0 Å². The molecule has 0 saturated heterocycles. The van der Waals surface area contributed by atoms with Gasteiger partial charge in [0.1, 0.15) is 0 Å². The summed E-state index contributed by atoms with van der Waals surface area (Å²) in [5.41, 5.74) is 1.78. The van der Waals surface area contributed by atoms with Crippen molar-refractivity contribution < 1.29 is 0 Å². The van der Waals surface area contributed by atoms with E-state index in [1.165, 1.54) is 109 Å². The van der Waals surface area contributed by atoms with Crippen LogP contribution in [0, 0.1) is 51.8 Å². The Labute approximate surface area is 243 Å². The van der Waals surface area contributed by atoms with Gasteiger partial charge in [0.2, 0.25) is 0 Å². The second kappa shape index (κ2) is 17.1. The summed E-state index contributed by atoms with van der Waals surface area (Å²) in [6.07, 6.45) is 24.9.